The molecule has 0 spiro atoms. The summed E-state index contributed by atoms with van der Waals surface area (Å²) in [5, 5.41) is 10.4. The fourth-order valence-corrected chi connectivity index (χ4v) is 3.10. The molecule has 1 aliphatic rings. The third kappa shape index (κ3) is 2.80. The van der Waals surface area contributed by atoms with Gasteiger partial charge in [0, 0.05) is 12.7 Å². The summed E-state index contributed by atoms with van der Waals surface area (Å²) in [7, 11) is -3.22. The second kappa shape index (κ2) is 5.16. The number of hydrogen-bond acceptors (Lipinski definition) is 4. The normalized spacial score (nSPS) is 15.3. The monoisotopic (exact) mass is 304 g/mol. The van der Waals surface area contributed by atoms with Crippen LogP contribution in [0.4, 0.5) is 0 Å². The first-order valence-corrected chi connectivity index (χ1v) is 8.58. The molecule has 0 fully saturated rings. The van der Waals surface area contributed by atoms with Crippen molar-refractivity contribution < 1.29 is 18.3 Å². The van der Waals surface area contributed by atoms with E-state index in [4.69, 9.17) is 4.74 Å². The number of hydrogen-bond donors (Lipinski definition) is 1. The van der Waals surface area contributed by atoms with Gasteiger partial charge in [-0.1, -0.05) is 18.2 Å². The van der Waals surface area contributed by atoms with Crippen molar-refractivity contribution in [2.24, 2.45) is 0 Å². The molecule has 0 bridgehead atoms. The average Bonchev–Trinajstić information content (AvgIpc) is 2.93. The highest BCUT2D eigenvalue weighted by Crippen LogP contribution is 2.30. The lowest BCUT2D eigenvalue weighted by Gasteiger charge is -2.13. The van der Waals surface area contributed by atoms with Gasteiger partial charge >= 0.3 is 0 Å². The molecule has 21 heavy (non-hydrogen) atoms. The van der Waals surface area contributed by atoms with Crippen LogP contribution in [0.5, 0.6) is 5.75 Å². The largest absolute Gasteiger partial charge is 0.493 e. The van der Waals surface area contributed by atoms with E-state index in [1.54, 1.807) is 12.1 Å². The van der Waals surface area contributed by atoms with Crippen molar-refractivity contribution >= 4 is 9.84 Å². The van der Waals surface area contributed by atoms with E-state index in [1.165, 1.54) is 18.4 Å². The van der Waals surface area contributed by atoms with Crippen LogP contribution in [-0.4, -0.2) is 26.4 Å². The van der Waals surface area contributed by atoms with E-state index in [2.05, 4.69) is 0 Å². The summed E-state index contributed by atoms with van der Waals surface area (Å²) in [6.07, 6.45) is 1.24. The summed E-state index contributed by atoms with van der Waals surface area (Å²) in [5.74, 6) is 0.873. The SMILES string of the molecule is CS(=O)(=O)c1ccc(C(O)c2ccc3c(c2)CCO3)cc1. The van der Waals surface area contributed by atoms with Crippen LogP contribution in [-0.2, 0) is 16.3 Å². The van der Waals surface area contributed by atoms with Crippen molar-refractivity contribution in [1.82, 2.24) is 0 Å². The molecule has 1 unspecified atom stereocenters. The minimum absolute atomic E-state index is 0.251. The molecule has 1 N–H and O–H groups in total. The molecule has 0 radical (unpaired) electrons. The van der Waals surface area contributed by atoms with Gasteiger partial charge in [0.15, 0.2) is 9.84 Å². The van der Waals surface area contributed by atoms with Crippen molar-refractivity contribution in [3.05, 3.63) is 59.2 Å². The molecule has 1 aliphatic heterocycles. The molecule has 0 aliphatic carbocycles. The fraction of sp³-hybridized carbons (Fsp3) is 0.250. The first-order chi connectivity index (χ1) is 9.95. The maximum absolute atomic E-state index is 11.4. The van der Waals surface area contributed by atoms with E-state index in [0.29, 0.717) is 12.2 Å². The average molecular weight is 304 g/mol. The second-order valence-corrected chi connectivity index (χ2v) is 7.23. The lowest BCUT2D eigenvalue weighted by atomic mass is 9.99. The number of aliphatic hydroxyl groups excluding tert-OH is 1. The van der Waals surface area contributed by atoms with Crippen LogP contribution in [0.2, 0.25) is 0 Å². The van der Waals surface area contributed by atoms with Gasteiger partial charge < -0.3 is 9.84 Å². The highest BCUT2D eigenvalue weighted by Gasteiger charge is 2.17. The van der Waals surface area contributed by atoms with Crippen LogP contribution in [0.25, 0.3) is 0 Å². The molecule has 1 atom stereocenters. The molecular weight excluding hydrogens is 288 g/mol. The second-order valence-electron chi connectivity index (χ2n) is 5.21. The van der Waals surface area contributed by atoms with E-state index in [9.17, 15) is 13.5 Å². The molecule has 0 saturated heterocycles. The summed E-state index contributed by atoms with van der Waals surface area (Å²) in [5.41, 5.74) is 2.55. The Labute approximate surface area is 123 Å². The van der Waals surface area contributed by atoms with Gasteiger partial charge in [0.05, 0.1) is 11.5 Å². The topological polar surface area (TPSA) is 63.6 Å². The summed E-state index contributed by atoms with van der Waals surface area (Å²) in [6.45, 7) is 0.679. The van der Waals surface area contributed by atoms with E-state index < -0.39 is 15.9 Å². The summed E-state index contributed by atoms with van der Waals surface area (Å²) >= 11 is 0. The van der Waals surface area contributed by atoms with Gasteiger partial charge in [0.1, 0.15) is 11.9 Å². The standard InChI is InChI=1S/C16H16O4S/c1-21(18,19)14-5-2-11(3-6-14)16(17)13-4-7-15-12(10-13)8-9-20-15/h2-7,10,16-17H,8-9H2,1H3. The smallest absolute Gasteiger partial charge is 0.175 e. The molecule has 110 valence electrons. The van der Waals surface area contributed by atoms with Gasteiger partial charge in [-0.25, -0.2) is 8.42 Å². The lowest BCUT2D eigenvalue weighted by Crippen LogP contribution is -2.02. The van der Waals surface area contributed by atoms with E-state index in [1.807, 2.05) is 18.2 Å². The number of sulfone groups is 1. The number of benzene rings is 2. The Morgan fingerprint density at radius 2 is 1.76 bits per heavy atom. The molecule has 5 heteroatoms. The quantitative estimate of drug-likeness (QED) is 0.943. The van der Waals surface area contributed by atoms with Gasteiger partial charge in [-0.15, -0.1) is 0 Å². The predicted molar refractivity (Wildman–Crippen MR) is 79.3 cm³/mol. The van der Waals surface area contributed by atoms with Crippen LogP contribution in [0, 0.1) is 0 Å². The van der Waals surface area contributed by atoms with Gasteiger partial charge in [-0.05, 0) is 41.0 Å². The van der Waals surface area contributed by atoms with Crippen molar-refractivity contribution in [2.75, 3.05) is 12.9 Å². The highest BCUT2D eigenvalue weighted by atomic mass is 32.2. The Balaban J connectivity index is 1.90. The molecule has 4 nitrogen and oxygen atoms in total. The van der Waals surface area contributed by atoms with Crippen molar-refractivity contribution in [1.29, 1.82) is 0 Å². The minimum Gasteiger partial charge on any atom is -0.493 e. The molecule has 0 saturated carbocycles. The molecule has 2 aromatic carbocycles. The molecule has 2 aromatic rings. The molecule has 0 aromatic heterocycles. The minimum atomic E-state index is -3.22. The highest BCUT2D eigenvalue weighted by molar-refractivity contribution is 7.90. The number of fused-ring (bicyclic) bond motifs is 1. The van der Waals surface area contributed by atoms with E-state index in [-0.39, 0.29) is 4.90 Å². The number of ether oxygens (including phenoxy) is 1. The van der Waals surface area contributed by atoms with Crippen LogP contribution < -0.4 is 4.74 Å². The van der Waals surface area contributed by atoms with Gasteiger partial charge in [-0.3, -0.25) is 0 Å². The maximum Gasteiger partial charge on any atom is 0.175 e. The Hall–Kier alpha value is -1.85. The maximum atomic E-state index is 11.4. The van der Waals surface area contributed by atoms with E-state index in [0.717, 1.165) is 23.3 Å². The van der Waals surface area contributed by atoms with Crippen LogP contribution >= 0.6 is 0 Å². The zero-order valence-corrected chi connectivity index (χ0v) is 12.4. The first-order valence-electron chi connectivity index (χ1n) is 6.69. The molecular formula is C16H16O4S. The Morgan fingerprint density at radius 1 is 1.10 bits per heavy atom. The van der Waals surface area contributed by atoms with Gasteiger partial charge in [-0.2, -0.15) is 0 Å². The van der Waals surface area contributed by atoms with Crippen LogP contribution in [0.3, 0.4) is 0 Å². The summed E-state index contributed by atoms with van der Waals surface area (Å²) < 4.78 is 28.3. The summed E-state index contributed by atoms with van der Waals surface area (Å²) in [4.78, 5) is 0.251. The first kappa shape index (κ1) is 14.1. The predicted octanol–water partition coefficient (Wildman–Crippen LogP) is 2.11. The zero-order chi connectivity index (χ0) is 15.0. The van der Waals surface area contributed by atoms with Crippen LogP contribution in [0.1, 0.15) is 22.8 Å². The zero-order valence-electron chi connectivity index (χ0n) is 11.6. The van der Waals surface area contributed by atoms with Crippen LogP contribution in [0.15, 0.2) is 47.4 Å². The number of rotatable bonds is 3. The van der Waals surface area contributed by atoms with Gasteiger partial charge in [0.25, 0.3) is 0 Å². The van der Waals surface area contributed by atoms with Crippen molar-refractivity contribution in [3.8, 4) is 5.75 Å². The number of aliphatic hydroxyl groups is 1. The molecule has 1 heterocycles. The van der Waals surface area contributed by atoms with Crippen molar-refractivity contribution in [2.45, 2.75) is 17.4 Å². The fourth-order valence-electron chi connectivity index (χ4n) is 2.47. The Kier molecular flexibility index (Phi) is 3.47. The third-order valence-corrected chi connectivity index (χ3v) is 4.78. The van der Waals surface area contributed by atoms with E-state index >= 15 is 0 Å². The third-order valence-electron chi connectivity index (χ3n) is 3.65. The summed E-state index contributed by atoms with van der Waals surface area (Å²) in [6, 6.07) is 12.0. The molecule has 0 amide bonds. The van der Waals surface area contributed by atoms with Gasteiger partial charge in [0.2, 0.25) is 0 Å². The Morgan fingerprint density at radius 3 is 2.43 bits per heavy atom. The molecule has 3 rings (SSSR count). The lowest BCUT2D eigenvalue weighted by molar-refractivity contribution is 0.220. The Bertz CT molecular complexity index is 763. The van der Waals surface area contributed by atoms with Crippen molar-refractivity contribution in [3.63, 3.8) is 0 Å².